The molecule has 0 spiro atoms. The van der Waals surface area contributed by atoms with Crippen molar-refractivity contribution >= 4 is 28.2 Å². The van der Waals surface area contributed by atoms with Crippen LogP contribution in [-0.2, 0) is 90.5 Å². The molecule has 7 aliphatic rings. The number of hydrogen-bond acceptors (Lipinski definition) is 38. The molecule has 7 fully saturated rings. The number of aliphatic carboxylic acids is 1. The lowest BCUT2D eigenvalue weighted by molar-refractivity contribution is -0.388. The second-order valence-electron chi connectivity index (χ2n) is 21.6. The number of aliphatic hydroxyl groups is 19. The molecule has 0 aromatic rings. The van der Waals surface area contributed by atoms with Crippen molar-refractivity contribution in [1.82, 2.24) is 10.6 Å². The Kier molecular flexibility index (Phi) is 25.6. The Morgan fingerprint density at radius 1 is 0.360 bits per heavy atom. The molecule has 516 valence electrons. The van der Waals surface area contributed by atoms with Crippen LogP contribution in [0.2, 0.25) is 0 Å². The summed E-state index contributed by atoms with van der Waals surface area (Å²) in [5, 5.41) is 220. The van der Waals surface area contributed by atoms with Gasteiger partial charge in [0.25, 0.3) is 0 Å². The molecule has 0 radical (unpaired) electrons. The molecule has 42 nitrogen and oxygen atoms in total. The Bertz CT molecular complexity index is 2410. The van der Waals surface area contributed by atoms with Crippen molar-refractivity contribution in [3.8, 4) is 0 Å². The lowest BCUT2D eigenvalue weighted by Crippen LogP contribution is -2.70. The van der Waals surface area contributed by atoms with E-state index in [4.69, 9.17) is 61.6 Å². The lowest BCUT2D eigenvalue weighted by atomic mass is 9.93. The number of carbonyl (C=O) groups excluding carboxylic acids is 2. The third kappa shape index (κ3) is 16.2. The summed E-state index contributed by atoms with van der Waals surface area (Å²) < 4.78 is 110. The third-order valence-electron chi connectivity index (χ3n) is 15.5. The summed E-state index contributed by atoms with van der Waals surface area (Å²) in [7, 11) is -5.54. The molecular formula is C46H76N2O40S. The van der Waals surface area contributed by atoms with Crippen LogP contribution in [0.25, 0.3) is 0 Å². The van der Waals surface area contributed by atoms with Crippen molar-refractivity contribution in [1.29, 1.82) is 0 Å². The van der Waals surface area contributed by atoms with Gasteiger partial charge in [0.1, 0.15) is 165 Å². The second kappa shape index (κ2) is 31.0. The van der Waals surface area contributed by atoms with E-state index in [9.17, 15) is 129 Å². The van der Waals surface area contributed by atoms with Crippen LogP contribution in [0.15, 0.2) is 0 Å². The topological polar surface area (TPSA) is 663 Å². The maximum atomic E-state index is 12.7. The minimum absolute atomic E-state index is 0.897. The standard InChI is InChI=1S/C46H76N2O40S/c1-9(55)47-17-21(59)32(83-44-29(67)36(20(58)12(4-50)76-44)86-46-30(68)37(88-89(72,73)74)27(65)38(87-46)39(69)70)15(7-53)78-41(17)81-34-16(8-54)80-43(26(64)24(34)62)82-31-14(6-52)79-42(18(22(31)60)48-10(2)56)85-35-19(57)11(3-49)77-45(28(35)66)84-33-13(5-51)75-40(71)25(63)23(33)61/h11-38,40-46,49-54,57-68,71H,3-8H2,1-2H3,(H,47,55)(H,48,56)(H,69,70)(H,72,73,74)/t11-,12-,13-,14-,15-,16-,17-,18-,19+,20+,21-,22-,23-,24-,25-,26-,27+,28-,29-,30-,31-,32-,33-,34+,35+,36+,37+,38+,40-,41+,42+,43+,44+,45+,46-/m1/s1. The smallest absolute Gasteiger partial charge is 0.397 e. The zero-order chi connectivity index (χ0) is 66.0. The summed E-state index contributed by atoms with van der Waals surface area (Å²) in [6.45, 7) is -4.57. The fraction of sp³-hybridized carbons (Fsp3) is 0.935. The van der Waals surface area contributed by atoms with Gasteiger partial charge >= 0.3 is 16.4 Å². The van der Waals surface area contributed by atoms with E-state index in [2.05, 4.69) is 14.8 Å². The minimum Gasteiger partial charge on any atom is -0.479 e. The molecule has 23 N–H and O–H groups in total. The van der Waals surface area contributed by atoms with Gasteiger partial charge in [0.2, 0.25) is 11.8 Å². The van der Waals surface area contributed by atoms with Gasteiger partial charge in [0.15, 0.2) is 50.1 Å². The molecule has 43 heteroatoms. The molecule has 0 saturated carbocycles. The number of amides is 2. The van der Waals surface area contributed by atoms with Crippen molar-refractivity contribution in [3.05, 3.63) is 0 Å². The summed E-state index contributed by atoms with van der Waals surface area (Å²) in [5.74, 6) is -3.83. The van der Waals surface area contributed by atoms with Crippen LogP contribution in [0.3, 0.4) is 0 Å². The zero-order valence-electron chi connectivity index (χ0n) is 46.5. The van der Waals surface area contributed by atoms with E-state index in [0.717, 1.165) is 13.8 Å². The van der Waals surface area contributed by atoms with E-state index in [1.54, 1.807) is 0 Å². The number of aliphatic hydroxyl groups excluding tert-OH is 19. The molecule has 7 rings (SSSR count). The molecule has 0 bridgehead atoms. The molecular weight excluding hydrogens is 1250 g/mol. The van der Waals surface area contributed by atoms with Crippen LogP contribution >= 0.6 is 0 Å². The predicted octanol–water partition coefficient (Wildman–Crippen LogP) is -16.1. The number of ether oxygens (including phenoxy) is 13. The van der Waals surface area contributed by atoms with Crippen LogP contribution in [0.5, 0.6) is 0 Å². The highest BCUT2D eigenvalue weighted by Crippen LogP contribution is 2.38. The summed E-state index contributed by atoms with van der Waals surface area (Å²) in [6.07, 6.45) is -69.1. The van der Waals surface area contributed by atoms with Gasteiger partial charge in [-0.1, -0.05) is 0 Å². The third-order valence-corrected chi connectivity index (χ3v) is 16.0. The summed E-state index contributed by atoms with van der Waals surface area (Å²) >= 11 is 0. The number of carboxylic acid groups (broad SMARTS) is 1. The number of rotatable bonds is 23. The molecule has 7 saturated heterocycles. The molecule has 0 aromatic carbocycles. The second-order valence-corrected chi connectivity index (χ2v) is 22.6. The first-order valence-corrected chi connectivity index (χ1v) is 28.7. The van der Waals surface area contributed by atoms with Gasteiger partial charge in [0, 0.05) is 13.8 Å². The number of hydrogen-bond donors (Lipinski definition) is 23. The van der Waals surface area contributed by atoms with Crippen molar-refractivity contribution in [2.75, 3.05) is 39.6 Å². The van der Waals surface area contributed by atoms with Gasteiger partial charge in [0.05, 0.1) is 39.6 Å². The summed E-state index contributed by atoms with van der Waals surface area (Å²) in [6, 6.07) is -3.73. The molecule has 35 atom stereocenters. The first-order chi connectivity index (χ1) is 41.8. The molecule has 0 unspecified atom stereocenters. The van der Waals surface area contributed by atoms with Gasteiger partial charge < -0.3 is 174 Å². The highest BCUT2D eigenvalue weighted by Gasteiger charge is 2.60. The average Bonchev–Trinajstić information content (AvgIpc) is 0.894. The van der Waals surface area contributed by atoms with Crippen LogP contribution in [-0.4, -0.2) is 387 Å². The Balaban J connectivity index is 1.05. The molecule has 0 aliphatic carbocycles. The zero-order valence-corrected chi connectivity index (χ0v) is 47.3. The van der Waals surface area contributed by atoms with E-state index in [0.29, 0.717) is 0 Å². The highest BCUT2D eigenvalue weighted by atomic mass is 32.3. The van der Waals surface area contributed by atoms with Gasteiger partial charge in [-0.05, 0) is 0 Å². The molecule has 89 heavy (non-hydrogen) atoms. The van der Waals surface area contributed by atoms with Crippen LogP contribution in [0, 0.1) is 0 Å². The minimum atomic E-state index is -5.54. The van der Waals surface area contributed by atoms with E-state index >= 15 is 0 Å². The number of nitrogens with one attached hydrogen (secondary N) is 2. The summed E-state index contributed by atoms with van der Waals surface area (Å²) in [4.78, 5) is 37.2. The Morgan fingerprint density at radius 3 is 1.04 bits per heavy atom. The van der Waals surface area contributed by atoms with Crippen LogP contribution in [0.4, 0.5) is 0 Å². The number of carbonyl (C=O) groups is 3. The first kappa shape index (κ1) is 73.4. The predicted molar refractivity (Wildman–Crippen MR) is 266 cm³/mol. The first-order valence-electron chi connectivity index (χ1n) is 27.3. The normalized spacial score (nSPS) is 48.3. The van der Waals surface area contributed by atoms with E-state index in [-0.39, 0.29) is 0 Å². The SMILES string of the molecule is CC(=O)N[C@H]1[C@H](O[C@H]2[C@@H](O)[C@@H](CO)O[C@@H](O[C@H]3[C@H](O)[C@@H](O)[C@H](O)O[C@@H]3CO)[C@@H]2O)O[C@H](CO)[C@@H](O[C@@H]2O[C@H](CO)[C@H](O[C@@H]3O[C@H](CO)[C@@H](O[C@@H]4O[C@H](CO)[C@H](O)[C@H](O[C@@H]5O[C@H](C(=O)O)[C@@H](O)[C@H](OS(=O)(=O)O)[C@H]5O)[C@H]4O)[C@H](O)[C@H]3NC(C)=O)[C@H](O)[C@H]2O)[C@@H]1O. The average molecular weight is 1330 g/mol. The quantitative estimate of drug-likeness (QED) is 0.0422. The van der Waals surface area contributed by atoms with Crippen molar-refractivity contribution in [2.45, 2.75) is 229 Å². The van der Waals surface area contributed by atoms with Crippen LogP contribution in [0.1, 0.15) is 13.8 Å². The van der Waals surface area contributed by atoms with Gasteiger partial charge in [-0.15, -0.1) is 0 Å². The van der Waals surface area contributed by atoms with Gasteiger partial charge in [-0.2, -0.15) is 8.42 Å². The lowest BCUT2D eigenvalue weighted by Gasteiger charge is -2.51. The van der Waals surface area contributed by atoms with E-state index in [1.165, 1.54) is 0 Å². The Morgan fingerprint density at radius 2 is 0.663 bits per heavy atom. The van der Waals surface area contributed by atoms with E-state index in [1.807, 2.05) is 0 Å². The Hall–Kier alpha value is -3.00. The fourth-order valence-electron chi connectivity index (χ4n) is 11.0. The van der Waals surface area contributed by atoms with Gasteiger partial charge in [-0.3, -0.25) is 14.1 Å². The maximum Gasteiger partial charge on any atom is 0.397 e. The maximum absolute atomic E-state index is 12.7. The highest BCUT2D eigenvalue weighted by molar-refractivity contribution is 7.80. The van der Waals surface area contributed by atoms with Gasteiger partial charge in [-0.25, -0.2) is 8.98 Å². The van der Waals surface area contributed by atoms with Crippen LogP contribution < -0.4 is 10.6 Å². The Labute approximate surface area is 501 Å². The fourth-order valence-corrected chi connectivity index (χ4v) is 11.5. The molecule has 0 aromatic heterocycles. The largest absolute Gasteiger partial charge is 0.479 e. The summed E-state index contributed by atoms with van der Waals surface area (Å²) in [5.41, 5.74) is 0. The molecule has 7 heterocycles. The molecule has 2 amide bonds. The molecule has 7 aliphatic heterocycles. The number of carboxylic acids is 1. The van der Waals surface area contributed by atoms with Crippen molar-refractivity contribution in [2.24, 2.45) is 0 Å². The van der Waals surface area contributed by atoms with Crippen molar-refractivity contribution < 1.29 is 195 Å². The monoisotopic (exact) mass is 1330 g/mol. The van der Waals surface area contributed by atoms with Crippen molar-refractivity contribution in [3.63, 3.8) is 0 Å². The van der Waals surface area contributed by atoms with E-state index < -0.39 is 283 Å².